The number of rotatable bonds is 7. The highest BCUT2D eigenvalue weighted by Crippen LogP contribution is 2.17. The summed E-state index contributed by atoms with van der Waals surface area (Å²) >= 11 is 0. The normalized spacial score (nSPS) is 17.1. The number of piperazine rings is 2. The van der Waals surface area contributed by atoms with E-state index in [0.717, 1.165) is 43.2 Å². The third kappa shape index (κ3) is 6.26. The van der Waals surface area contributed by atoms with Crippen molar-refractivity contribution in [3.63, 3.8) is 0 Å². The van der Waals surface area contributed by atoms with Gasteiger partial charge in [-0.15, -0.1) is 0 Å². The molecule has 182 valence electrons. The van der Waals surface area contributed by atoms with Crippen molar-refractivity contribution >= 4 is 17.5 Å². The summed E-state index contributed by atoms with van der Waals surface area (Å²) in [4.78, 5) is 33.6. The molecule has 2 aromatic carbocycles. The standard InChI is InChI=1S/C26H33FN4O3/c1-34-24-9-2-21(3-10-24)4-11-25(32)30-14-12-28(13-15-30)20-26(33)31-18-16-29(17-19-31)23-7-5-22(27)6-8-23/h2-3,5-10H,4,11-20H2,1H3. The lowest BCUT2D eigenvalue weighted by Crippen LogP contribution is -2.54. The Hall–Kier alpha value is -3.13. The smallest absolute Gasteiger partial charge is 0.236 e. The predicted octanol–water partition coefficient (Wildman–Crippen LogP) is 2.26. The Morgan fingerprint density at radius 1 is 0.794 bits per heavy atom. The van der Waals surface area contributed by atoms with E-state index < -0.39 is 0 Å². The van der Waals surface area contributed by atoms with Crippen molar-refractivity contribution in [2.75, 3.05) is 70.9 Å². The van der Waals surface area contributed by atoms with Crippen LogP contribution in [0.1, 0.15) is 12.0 Å². The summed E-state index contributed by atoms with van der Waals surface area (Å²) in [7, 11) is 1.64. The first-order valence-electron chi connectivity index (χ1n) is 11.9. The fraction of sp³-hybridized carbons (Fsp3) is 0.462. The van der Waals surface area contributed by atoms with Crippen LogP contribution in [-0.4, -0.2) is 92.5 Å². The van der Waals surface area contributed by atoms with E-state index in [1.807, 2.05) is 34.1 Å². The topological polar surface area (TPSA) is 56.3 Å². The van der Waals surface area contributed by atoms with Crippen LogP contribution in [0.2, 0.25) is 0 Å². The van der Waals surface area contributed by atoms with E-state index in [1.54, 1.807) is 19.2 Å². The molecule has 0 atom stereocenters. The number of nitrogens with zero attached hydrogens (tertiary/aromatic N) is 4. The zero-order chi connectivity index (χ0) is 23.9. The van der Waals surface area contributed by atoms with Gasteiger partial charge >= 0.3 is 0 Å². The largest absolute Gasteiger partial charge is 0.497 e. The van der Waals surface area contributed by atoms with Gasteiger partial charge in [0.15, 0.2) is 0 Å². The molecule has 2 aromatic rings. The number of anilines is 1. The fourth-order valence-corrected chi connectivity index (χ4v) is 4.51. The van der Waals surface area contributed by atoms with Crippen molar-refractivity contribution < 1.29 is 18.7 Å². The molecule has 2 saturated heterocycles. The van der Waals surface area contributed by atoms with Gasteiger partial charge in [-0.1, -0.05) is 12.1 Å². The molecule has 0 aromatic heterocycles. The van der Waals surface area contributed by atoms with Gasteiger partial charge in [-0.3, -0.25) is 14.5 Å². The molecule has 0 aliphatic carbocycles. The predicted molar refractivity (Wildman–Crippen MR) is 130 cm³/mol. The molecule has 2 aliphatic heterocycles. The van der Waals surface area contributed by atoms with Crippen LogP contribution in [0.4, 0.5) is 10.1 Å². The van der Waals surface area contributed by atoms with Gasteiger partial charge in [-0.25, -0.2) is 4.39 Å². The van der Waals surface area contributed by atoms with Crippen LogP contribution in [0.15, 0.2) is 48.5 Å². The Balaban J connectivity index is 1.15. The molecule has 2 fully saturated rings. The Morgan fingerprint density at radius 3 is 2.00 bits per heavy atom. The van der Waals surface area contributed by atoms with E-state index in [-0.39, 0.29) is 17.6 Å². The molecule has 34 heavy (non-hydrogen) atoms. The van der Waals surface area contributed by atoms with Gasteiger partial charge in [0.2, 0.25) is 11.8 Å². The van der Waals surface area contributed by atoms with Crippen LogP contribution in [0.5, 0.6) is 5.75 Å². The van der Waals surface area contributed by atoms with Crippen LogP contribution < -0.4 is 9.64 Å². The Kier molecular flexibility index (Phi) is 8.00. The summed E-state index contributed by atoms with van der Waals surface area (Å²) in [5.74, 6) is 0.879. The second-order valence-corrected chi connectivity index (χ2v) is 8.85. The number of aryl methyl sites for hydroxylation is 1. The van der Waals surface area contributed by atoms with E-state index >= 15 is 0 Å². The number of ether oxygens (including phenoxy) is 1. The number of hydrogen-bond acceptors (Lipinski definition) is 5. The molecule has 0 saturated carbocycles. The van der Waals surface area contributed by atoms with Gasteiger partial charge in [0, 0.05) is 64.5 Å². The van der Waals surface area contributed by atoms with Crippen LogP contribution in [0.3, 0.4) is 0 Å². The minimum Gasteiger partial charge on any atom is -0.497 e. The minimum absolute atomic E-state index is 0.137. The number of carbonyl (C=O) groups is 2. The molecule has 2 amide bonds. The third-order valence-corrected chi connectivity index (χ3v) is 6.69. The van der Waals surface area contributed by atoms with Crippen molar-refractivity contribution in [2.45, 2.75) is 12.8 Å². The molecule has 2 heterocycles. The lowest BCUT2D eigenvalue weighted by molar-refractivity contribution is -0.135. The maximum Gasteiger partial charge on any atom is 0.236 e. The number of carbonyl (C=O) groups excluding carboxylic acids is 2. The first kappa shape index (κ1) is 24.0. The zero-order valence-corrected chi connectivity index (χ0v) is 19.8. The number of halogens is 1. The van der Waals surface area contributed by atoms with Gasteiger partial charge in [-0.05, 0) is 48.4 Å². The highest BCUT2D eigenvalue weighted by Gasteiger charge is 2.26. The van der Waals surface area contributed by atoms with Gasteiger partial charge in [0.05, 0.1) is 13.7 Å². The van der Waals surface area contributed by atoms with E-state index in [2.05, 4.69) is 9.80 Å². The Morgan fingerprint density at radius 2 is 1.38 bits per heavy atom. The summed E-state index contributed by atoms with van der Waals surface area (Å²) in [6.45, 7) is 5.97. The van der Waals surface area contributed by atoms with E-state index in [9.17, 15) is 14.0 Å². The first-order valence-corrected chi connectivity index (χ1v) is 11.9. The summed E-state index contributed by atoms with van der Waals surface area (Å²) in [5, 5.41) is 0. The number of amides is 2. The van der Waals surface area contributed by atoms with Gasteiger partial charge in [0.1, 0.15) is 11.6 Å². The van der Waals surface area contributed by atoms with Gasteiger partial charge in [0.25, 0.3) is 0 Å². The highest BCUT2D eigenvalue weighted by molar-refractivity contribution is 5.79. The summed E-state index contributed by atoms with van der Waals surface area (Å²) in [6.07, 6.45) is 1.20. The summed E-state index contributed by atoms with van der Waals surface area (Å²) < 4.78 is 18.3. The van der Waals surface area contributed by atoms with E-state index in [4.69, 9.17) is 4.74 Å². The maximum absolute atomic E-state index is 13.1. The van der Waals surface area contributed by atoms with E-state index in [0.29, 0.717) is 45.6 Å². The number of methoxy groups -OCH3 is 1. The van der Waals surface area contributed by atoms with Crippen molar-refractivity contribution in [3.8, 4) is 5.75 Å². The molecule has 0 unspecified atom stereocenters. The lowest BCUT2D eigenvalue weighted by atomic mass is 10.1. The monoisotopic (exact) mass is 468 g/mol. The number of hydrogen-bond donors (Lipinski definition) is 0. The second-order valence-electron chi connectivity index (χ2n) is 8.85. The van der Waals surface area contributed by atoms with Crippen molar-refractivity contribution in [1.82, 2.24) is 14.7 Å². The second kappa shape index (κ2) is 11.3. The Bertz CT molecular complexity index is 951. The SMILES string of the molecule is COc1ccc(CCC(=O)N2CCN(CC(=O)N3CCN(c4ccc(F)cc4)CC3)CC2)cc1. The first-order chi connectivity index (χ1) is 16.5. The molecule has 0 radical (unpaired) electrons. The van der Waals surface area contributed by atoms with Gasteiger partial charge in [-0.2, -0.15) is 0 Å². The molecule has 7 nitrogen and oxygen atoms in total. The molecule has 8 heteroatoms. The van der Waals surface area contributed by atoms with E-state index in [1.165, 1.54) is 12.1 Å². The van der Waals surface area contributed by atoms with Crippen molar-refractivity contribution in [1.29, 1.82) is 0 Å². The fourth-order valence-electron chi connectivity index (χ4n) is 4.51. The third-order valence-electron chi connectivity index (χ3n) is 6.69. The van der Waals surface area contributed by atoms with Crippen LogP contribution in [0, 0.1) is 5.82 Å². The molecular formula is C26H33FN4O3. The van der Waals surface area contributed by atoms with Crippen LogP contribution in [0.25, 0.3) is 0 Å². The molecule has 0 N–H and O–H groups in total. The molecule has 4 rings (SSSR count). The minimum atomic E-state index is -0.239. The molecule has 0 spiro atoms. The molecule has 0 bridgehead atoms. The average molecular weight is 469 g/mol. The molecule has 2 aliphatic rings. The van der Waals surface area contributed by atoms with Crippen LogP contribution in [-0.2, 0) is 16.0 Å². The molecular weight excluding hydrogens is 435 g/mol. The summed E-state index contributed by atoms with van der Waals surface area (Å²) in [6, 6.07) is 14.3. The highest BCUT2D eigenvalue weighted by atomic mass is 19.1. The maximum atomic E-state index is 13.1. The quantitative estimate of drug-likeness (QED) is 0.624. The van der Waals surface area contributed by atoms with Crippen molar-refractivity contribution in [3.05, 3.63) is 59.9 Å². The lowest BCUT2D eigenvalue weighted by Gasteiger charge is -2.38. The Labute approximate surface area is 200 Å². The summed E-state index contributed by atoms with van der Waals surface area (Å²) in [5.41, 5.74) is 2.11. The van der Waals surface area contributed by atoms with Crippen LogP contribution >= 0.6 is 0 Å². The zero-order valence-electron chi connectivity index (χ0n) is 19.8. The van der Waals surface area contributed by atoms with Gasteiger partial charge < -0.3 is 19.4 Å². The average Bonchev–Trinajstić information content (AvgIpc) is 2.88. The van der Waals surface area contributed by atoms with Crippen molar-refractivity contribution in [2.24, 2.45) is 0 Å². The number of benzene rings is 2.